The van der Waals surface area contributed by atoms with Crippen molar-refractivity contribution < 1.29 is 19.0 Å². The average Bonchev–Trinajstić information content (AvgIpc) is 3.00. The highest BCUT2D eigenvalue weighted by molar-refractivity contribution is 6.31. The van der Waals surface area contributed by atoms with E-state index in [1.807, 2.05) is 0 Å². The van der Waals surface area contributed by atoms with Crippen LogP contribution in [0.4, 0.5) is 15.9 Å². The maximum atomic E-state index is 14.2. The van der Waals surface area contributed by atoms with Crippen molar-refractivity contribution in [2.75, 3.05) is 18.9 Å². The number of fused-ring (bicyclic) bond motifs is 1. The van der Waals surface area contributed by atoms with Crippen molar-refractivity contribution in [1.29, 1.82) is 0 Å². The Balaban J connectivity index is 1.57. The Hall–Kier alpha value is -2.97. The van der Waals surface area contributed by atoms with Crippen LogP contribution in [0.1, 0.15) is 13.3 Å². The minimum absolute atomic E-state index is 0.0175. The standard InChI is InChI=1S/C21H20ClFN4O3/c1-21(20(28)29)9-13(10-27(21)2)30-12-6-7-14-17(8-12)24-11-25-19(14)26-16-5-3-4-15(22)18(16)23/h3-8,11,13H,9-10H2,1-2H3,(H,28,29)(H,24,25,26)/t13-,21-/m0/s1. The van der Waals surface area contributed by atoms with Gasteiger partial charge in [-0.1, -0.05) is 17.7 Å². The minimum Gasteiger partial charge on any atom is -0.489 e. The first-order valence-corrected chi connectivity index (χ1v) is 9.73. The fraction of sp³-hybridized carbons (Fsp3) is 0.286. The van der Waals surface area contributed by atoms with Crippen LogP contribution in [0.2, 0.25) is 5.02 Å². The van der Waals surface area contributed by atoms with Gasteiger partial charge in [0.2, 0.25) is 0 Å². The van der Waals surface area contributed by atoms with Crippen LogP contribution in [0.3, 0.4) is 0 Å². The summed E-state index contributed by atoms with van der Waals surface area (Å²) in [6.07, 6.45) is 1.50. The number of hydrogen-bond donors (Lipinski definition) is 2. The van der Waals surface area contributed by atoms with E-state index in [0.29, 0.717) is 35.4 Å². The molecule has 0 bridgehead atoms. The Morgan fingerprint density at radius 2 is 2.17 bits per heavy atom. The number of likely N-dealkylation sites (N-methyl/N-ethyl adjacent to an activating group) is 1. The van der Waals surface area contributed by atoms with Gasteiger partial charge < -0.3 is 15.2 Å². The number of halogens is 2. The monoisotopic (exact) mass is 430 g/mol. The first-order chi connectivity index (χ1) is 14.3. The number of carbonyl (C=O) groups is 1. The highest BCUT2D eigenvalue weighted by Crippen LogP contribution is 2.33. The zero-order chi connectivity index (χ0) is 21.5. The molecular formula is C21H20ClFN4O3. The smallest absolute Gasteiger partial charge is 0.323 e. The molecule has 1 fully saturated rings. The van der Waals surface area contributed by atoms with Crippen LogP contribution in [0.15, 0.2) is 42.7 Å². The number of nitrogens with one attached hydrogen (secondary N) is 1. The van der Waals surface area contributed by atoms with Crippen molar-refractivity contribution in [2.24, 2.45) is 0 Å². The molecule has 1 aliphatic heterocycles. The molecule has 2 atom stereocenters. The van der Waals surface area contributed by atoms with E-state index in [-0.39, 0.29) is 16.8 Å². The molecule has 0 radical (unpaired) electrons. The molecule has 3 aromatic rings. The molecule has 9 heteroatoms. The lowest BCUT2D eigenvalue weighted by molar-refractivity contribution is -0.147. The van der Waals surface area contributed by atoms with Crippen LogP contribution in [0, 0.1) is 5.82 Å². The third-order valence-electron chi connectivity index (χ3n) is 5.52. The van der Waals surface area contributed by atoms with Gasteiger partial charge in [-0.15, -0.1) is 0 Å². The second kappa shape index (κ2) is 7.70. The predicted octanol–water partition coefficient (Wildman–Crippen LogP) is 4.09. The number of likely N-dealkylation sites (tertiary alicyclic amines) is 1. The molecular weight excluding hydrogens is 411 g/mol. The lowest BCUT2D eigenvalue weighted by Crippen LogP contribution is -2.45. The summed E-state index contributed by atoms with van der Waals surface area (Å²) in [6.45, 7) is 2.20. The van der Waals surface area contributed by atoms with Crippen molar-refractivity contribution in [3.05, 3.63) is 53.6 Å². The summed E-state index contributed by atoms with van der Waals surface area (Å²) in [7, 11) is 1.78. The van der Waals surface area contributed by atoms with Crippen molar-refractivity contribution in [2.45, 2.75) is 25.0 Å². The summed E-state index contributed by atoms with van der Waals surface area (Å²) in [4.78, 5) is 21.9. The average molecular weight is 431 g/mol. The van der Waals surface area contributed by atoms with E-state index in [2.05, 4.69) is 15.3 Å². The molecule has 2 N–H and O–H groups in total. The van der Waals surface area contributed by atoms with Gasteiger partial charge in [0.25, 0.3) is 0 Å². The Kier molecular flexibility index (Phi) is 5.21. The van der Waals surface area contributed by atoms with Crippen molar-refractivity contribution >= 4 is 40.0 Å². The topological polar surface area (TPSA) is 87.6 Å². The van der Waals surface area contributed by atoms with Crippen LogP contribution >= 0.6 is 11.6 Å². The largest absolute Gasteiger partial charge is 0.489 e. The van der Waals surface area contributed by atoms with Crippen molar-refractivity contribution in [3.8, 4) is 5.75 Å². The molecule has 1 aromatic heterocycles. The first kappa shape index (κ1) is 20.3. The zero-order valence-corrected chi connectivity index (χ0v) is 17.2. The van der Waals surface area contributed by atoms with E-state index >= 15 is 0 Å². The van der Waals surface area contributed by atoms with E-state index in [1.165, 1.54) is 12.4 Å². The van der Waals surface area contributed by atoms with E-state index in [9.17, 15) is 14.3 Å². The van der Waals surface area contributed by atoms with Gasteiger partial charge in [0.1, 0.15) is 29.5 Å². The van der Waals surface area contributed by atoms with Gasteiger partial charge in [0.05, 0.1) is 16.2 Å². The number of aromatic nitrogens is 2. The molecule has 1 saturated heterocycles. The van der Waals surface area contributed by atoms with E-state index < -0.39 is 17.3 Å². The van der Waals surface area contributed by atoms with Crippen LogP contribution in [0.5, 0.6) is 5.75 Å². The Morgan fingerprint density at radius 1 is 1.37 bits per heavy atom. The number of aliphatic carboxylic acids is 1. The molecule has 0 spiro atoms. The van der Waals surface area contributed by atoms with Crippen LogP contribution in [-0.2, 0) is 4.79 Å². The number of carboxylic acid groups (broad SMARTS) is 1. The molecule has 4 rings (SSSR count). The summed E-state index contributed by atoms with van der Waals surface area (Å²) in [5.41, 5.74) is -0.133. The number of ether oxygens (including phenoxy) is 1. The number of anilines is 2. The van der Waals surface area contributed by atoms with Gasteiger partial charge in [-0.3, -0.25) is 9.69 Å². The summed E-state index contributed by atoms with van der Waals surface area (Å²) >= 11 is 5.85. The highest BCUT2D eigenvalue weighted by atomic mass is 35.5. The lowest BCUT2D eigenvalue weighted by Gasteiger charge is -2.26. The van der Waals surface area contributed by atoms with Gasteiger partial charge in [0, 0.05) is 24.4 Å². The first-order valence-electron chi connectivity index (χ1n) is 9.35. The third kappa shape index (κ3) is 3.64. The van der Waals surface area contributed by atoms with Crippen LogP contribution < -0.4 is 10.1 Å². The number of hydrogen-bond acceptors (Lipinski definition) is 6. The summed E-state index contributed by atoms with van der Waals surface area (Å²) < 4.78 is 20.3. The highest BCUT2D eigenvalue weighted by Gasteiger charge is 2.46. The fourth-order valence-electron chi connectivity index (χ4n) is 3.63. The Labute approximate surface area is 177 Å². The zero-order valence-electron chi connectivity index (χ0n) is 16.4. The molecule has 0 amide bonds. The SMILES string of the molecule is CN1C[C@@H](Oc2ccc3c(Nc4cccc(Cl)c4F)ncnc3c2)C[C@@]1(C)C(=O)O. The van der Waals surface area contributed by atoms with E-state index in [4.69, 9.17) is 16.3 Å². The molecule has 2 aromatic carbocycles. The number of nitrogens with zero attached hydrogens (tertiary/aromatic N) is 3. The molecule has 1 aliphatic rings. The number of carboxylic acids is 1. The summed E-state index contributed by atoms with van der Waals surface area (Å²) in [5.74, 6) is -0.412. The molecule has 0 saturated carbocycles. The fourth-order valence-corrected chi connectivity index (χ4v) is 3.80. The van der Waals surface area contributed by atoms with Crippen molar-refractivity contribution in [3.63, 3.8) is 0 Å². The second-order valence-electron chi connectivity index (χ2n) is 7.53. The number of rotatable bonds is 5. The predicted molar refractivity (Wildman–Crippen MR) is 112 cm³/mol. The minimum atomic E-state index is -0.957. The molecule has 0 unspecified atom stereocenters. The Bertz CT molecular complexity index is 1130. The van der Waals surface area contributed by atoms with Gasteiger partial charge in [0.15, 0.2) is 5.82 Å². The number of benzene rings is 2. The van der Waals surface area contributed by atoms with E-state index in [1.54, 1.807) is 49.2 Å². The maximum absolute atomic E-state index is 14.2. The normalized spacial score (nSPS) is 21.7. The van der Waals surface area contributed by atoms with Gasteiger partial charge >= 0.3 is 5.97 Å². The molecule has 156 valence electrons. The van der Waals surface area contributed by atoms with E-state index in [0.717, 1.165) is 0 Å². The Morgan fingerprint density at radius 3 is 2.90 bits per heavy atom. The maximum Gasteiger partial charge on any atom is 0.323 e. The molecule has 30 heavy (non-hydrogen) atoms. The van der Waals surface area contributed by atoms with Gasteiger partial charge in [-0.25, -0.2) is 14.4 Å². The molecule has 0 aliphatic carbocycles. The molecule has 7 nitrogen and oxygen atoms in total. The van der Waals surface area contributed by atoms with Gasteiger partial charge in [-0.2, -0.15) is 0 Å². The van der Waals surface area contributed by atoms with Crippen LogP contribution in [0.25, 0.3) is 10.9 Å². The lowest BCUT2D eigenvalue weighted by atomic mass is 9.99. The summed E-state index contributed by atoms with van der Waals surface area (Å²) in [5, 5.41) is 13.2. The quantitative estimate of drug-likeness (QED) is 0.630. The van der Waals surface area contributed by atoms with Gasteiger partial charge in [-0.05, 0) is 38.2 Å². The second-order valence-corrected chi connectivity index (χ2v) is 7.94. The van der Waals surface area contributed by atoms with Crippen molar-refractivity contribution in [1.82, 2.24) is 14.9 Å². The van der Waals surface area contributed by atoms with Crippen LogP contribution in [-0.4, -0.2) is 51.2 Å². The molecule has 2 heterocycles. The third-order valence-corrected chi connectivity index (χ3v) is 5.81. The summed E-state index contributed by atoms with van der Waals surface area (Å²) in [6, 6.07) is 9.99.